The van der Waals surface area contributed by atoms with E-state index in [-0.39, 0.29) is 0 Å². The lowest BCUT2D eigenvalue weighted by Crippen LogP contribution is -2.52. The molecule has 2 aliphatic heterocycles. The van der Waals surface area contributed by atoms with Gasteiger partial charge in [0.05, 0.1) is 5.70 Å². The van der Waals surface area contributed by atoms with Gasteiger partial charge in [-0.15, -0.1) is 0 Å². The molecule has 0 aliphatic carbocycles. The van der Waals surface area contributed by atoms with E-state index in [0.29, 0.717) is 0 Å². The summed E-state index contributed by atoms with van der Waals surface area (Å²) in [5, 5.41) is 2.67. The van der Waals surface area contributed by atoms with Crippen molar-refractivity contribution in [1.29, 1.82) is 0 Å². The number of hydrogen-bond acceptors (Lipinski definition) is 3. The second-order valence-corrected chi connectivity index (χ2v) is 4.55. The van der Waals surface area contributed by atoms with E-state index in [1.54, 1.807) is 12.2 Å². The first-order valence-corrected chi connectivity index (χ1v) is 8.79. The molecule has 1 saturated heterocycles. The maximum atomic E-state index is 11.6. The Morgan fingerprint density at radius 3 is 1.91 bits per heavy atom. The van der Waals surface area contributed by atoms with Gasteiger partial charge >= 0.3 is 6.09 Å². The summed E-state index contributed by atoms with van der Waals surface area (Å²) >= 11 is 0. The molecule has 1 N–H and O–H groups in total. The molecule has 0 saturated carbocycles. The first kappa shape index (κ1) is 23.7. The molecule has 134 valence electrons. The zero-order valence-electron chi connectivity index (χ0n) is 16.2. The largest absolute Gasteiger partial charge is 0.438 e. The average molecular weight is 325 g/mol. The van der Waals surface area contributed by atoms with Crippen molar-refractivity contribution in [2.24, 2.45) is 0 Å². The van der Waals surface area contributed by atoms with E-state index in [1.165, 1.54) is 0 Å². The molecule has 2 rings (SSSR count). The van der Waals surface area contributed by atoms with E-state index in [0.717, 1.165) is 37.2 Å². The Bertz CT molecular complexity index is 392. The van der Waals surface area contributed by atoms with E-state index >= 15 is 0 Å². The number of carbonyl (C=O) groups is 1. The second kappa shape index (κ2) is 12.9. The number of alkyl carbamates (subject to hydrolysis) is 1. The molecule has 2 heterocycles. The maximum Gasteiger partial charge on any atom is 0.412 e. The molecule has 4 heteroatoms. The maximum absolute atomic E-state index is 11.6. The van der Waals surface area contributed by atoms with Gasteiger partial charge in [0.1, 0.15) is 5.60 Å². The normalized spacial score (nSPS) is 18.7. The van der Waals surface area contributed by atoms with Gasteiger partial charge in [-0.1, -0.05) is 60.8 Å². The van der Waals surface area contributed by atoms with Gasteiger partial charge in [-0.05, 0) is 13.1 Å². The number of piperidine rings is 1. The van der Waals surface area contributed by atoms with Crippen LogP contribution >= 0.6 is 0 Å². The Hall–Kier alpha value is -1.55. The van der Waals surface area contributed by atoms with Crippen molar-refractivity contribution < 1.29 is 9.53 Å². The van der Waals surface area contributed by atoms with Gasteiger partial charge in [0.25, 0.3) is 0 Å². The number of amides is 1. The molecule has 23 heavy (non-hydrogen) atoms. The van der Waals surface area contributed by atoms with Crippen LogP contribution in [0.15, 0.2) is 36.6 Å². The molecule has 0 aromatic carbocycles. The number of rotatable bonds is 2. The molecule has 1 fully saturated rings. The lowest BCUT2D eigenvalue weighted by Gasteiger charge is -2.43. The van der Waals surface area contributed by atoms with Crippen molar-refractivity contribution in [3.8, 4) is 0 Å². The Morgan fingerprint density at radius 2 is 1.52 bits per heavy atom. The van der Waals surface area contributed by atoms with Crippen LogP contribution in [-0.4, -0.2) is 36.7 Å². The number of likely N-dealkylation sites (tertiary alicyclic amines) is 1. The minimum Gasteiger partial charge on any atom is -0.438 e. The summed E-state index contributed by atoms with van der Waals surface area (Å²) in [5.41, 5.74) is 1.15. The van der Waals surface area contributed by atoms with Gasteiger partial charge < -0.3 is 9.64 Å². The van der Waals surface area contributed by atoms with Crippen LogP contribution in [0.5, 0.6) is 0 Å². The molecule has 1 amide bonds. The van der Waals surface area contributed by atoms with E-state index in [1.807, 2.05) is 41.5 Å². The Balaban J connectivity index is 0. The molecular weight excluding hydrogens is 288 g/mol. The van der Waals surface area contributed by atoms with Crippen LogP contribution in [0.3, 0.4) is 0 Å². The number of carbonyl (C=O) groups excluding carboxylic acids is 1. The highest BCUT2D eigenvalue weighted by molar-refractivity contribution is 5.74. The fourth-order valence-corrected chi connectivity index (χ4v) is 2.49. The molecule has 0 radical (unpaired) electrons. The number of ether oxygens (including phenoxy) is 1. The summed E-state index contributed by atoms with van der Waals surface area (Å²) in [6.45, 7) is 21.4. The van der Waals surface area contributed by atoms with E-state index < -0.39 is 11.7 Å². The van der Waals surface area contributed by atoms with Crippen molar-refractivity contribution >= 4 is 6.09 Å². The van der Waals surface area contributed by atoms with Gasteiger partial charge in [-0.3, -0.25) is 5.32 Å². The van der Waals surface area contributed by atoms with Crippen molar-refractivity contribution in [1.82, 2.24) is 10.2 Å². The Kier molecular flexibility index (Phi) is 13.3. The molecule has 0 aromatic heterocycles. The Morgan fingerprint density at radius 1 is 1.04 bits per heavy atom. The van der Waals surface area contributed by atoms with Gasteiger partial charge in [0.2, 0.25) is 0 Å². The molecule has 0 atom stereocenters. The van der Waals surface area contributed by atoms with Gasteiger partial charge in [-0.2, -0.15) is 0 Å². The standard InChI is InChI=1S/C13H18N2O2.3C2H6/c1-4-10-11(5-2)14-12(16)17-13(10)6-8-15(3)9-7-13;3*1-2/h4-5H,1-2,6-9H2,3H3,(H,14,16);3*1-2H3. The van der Waals surface area contributed by atoms with Crippen LogP contribution in [0.2, 0.25) is 0 Å². The average Bonchev–Trinajstić information content (AvgIpc) is 2.62. The first-order chi connectivity index (χ1) is 11.1. The molecule has 0 aromatic rings. The topological polar surface area (TPSA) is 41.6 Å². The molecule has 0 bridgehead atoms. The summed E-state index contributed by atoms with van der Waals surface area (Å²) in [6.07, 6.45) is 4.62. The van der Waals surface area contributed by atoms with E-state index in [4.69, 9.17) is 4.74 Å². The zero-order chi connectivity index (χ0) is 18.5. The van der Waals surface area contributed by atoms with Crippen LogP contribution in [-0.2, 0) is 4.74 Å². The van der Waals surface area contributed by atoms with Crippen LogP contribution in [0, 0.1) is 0 Å². The Labute approximate surface area is 143 Å². The number of allylic oxidation sites excluding steroid dienone is 1. The minimum absolute atomic E-state index is 0.393. The number of nitrogens with zero attached hydrogens (tertiary/aromatic N) is 1. The highest BCUT2D eigenvalue weighted by Gasteiger charge is 2.43. The van der Waals surface area contributed by atoms with Crippen molar-refractivity contribution in [3.05, 3.63) is 36.6 Å². The van der Waals surface area contributed by atoms with Crippen LogP contribution in [0.25, 0.3) is 0 Å². The van der Waals surface area contributed by atoms with Crippen LogP contribution in [0.4, 0.5) is 4.79 Å². The van der Waals surface area contributed by atoms with Crippen LogP contribution in [0.1, 0.15) is 54.4 Å². The minimum atomic E-state index is -0.514. The fraction of sp³-hybridized carbons (Fsp3) is 0.632. The van der Waals surface area contributed by atoms with Crippen molar-refractivity contribution in [3.63, 3.8) is 0 Å². The monoisotopic (exact) mass is 324 g/mol. The van der Waals surface area contributed by atoms with Crippen molar-refractivity contribution in [2.45, 2.75) is 60.0 Å². The molecule has 1 spiro atoms. The highest BCUT2D eigenvalue weighted by atomic mass is 16.6. The molecule has 0 unspecified atom stereocenters. The lowest BCUT2D eigenvalue weighted by molar-refractivity contribution is -0.00812. The third-order valence-corrected chi connectivity index (χ3v) is 3.51. The number of nitrogens with one attached hydrogen (secondary N) is 1. The third kappa shape index (κ3) is 6.22. The molecule has 4 nitrogen and oxygen atoms in total. The van der Waals surface area contributed by atoms with Gasteiger partial charge in [0.15, 0.2) is 0 Å². The summed E-state index contributed by atoms with van der Waals surface area (Å²) in [6, 6.07) is 0. The predicted molar refractivity (Wildman–Crippen MR) is 101 cm³/mol. The number of hydrogen-bond donors (Lipinski definition) is 1. The summed E-state index contributed by atoms with van der Waals surface area (Å²) < 4.78 is 5.55. The first-order valence-electron chi connectivity index (χ1n) is 8.79. The van der Waals surface area contributed by atoms with Gasteiger partial charge in [-0.25, -0.2) is 4.79 Å². The lowest BCUT2D eigenvalue weighted by atomic mass is 9.82. The van der Waals surface area contributed by atoms with Crippen LogP contribution < -0.4 is 5.32 Å². The summed E-state index contributed by atoms with van der Waals surface area (Å²) in [7, 11) is 2.07. The fourth-order valence-electron chi connectivity index (χ4n) is 2.49. The quantitative estimate of drug-likeness (QED) is 0.786. The summed E-state index contributed by atoms with van der Waals surface area (Å²) in [4.78, 5) is 13.8. The van der Waals surface area contributed by atoms with Gasteiger partial charge in [0, 0.05) is 31.5 Å². The zero-order valence-corrected chi connectivity index (χ0v) is 16.2. The highest BCUT2D eigenvalue weighted by Crippen LogP contribution is 2.37. The van der Waals surface area contributed by atoms with Crippen molar-refractivity contribution in [2.75, 3.05) is 20.1 Å². The van der Waals surface area contributed by atoms with E-state index in [2.05, 4.69) is 30.4 Å². The summed E-state index contributed by atoms with van der Waals surface area (Å²) in [5.74, 6) is 0. The predicted octanol–water partition coefficient (Wildman–Crippen LogP) is 4.90. The van der Waals surface area contributed by atoms with E-state index in [9.17, 15) is 4.79 Å². The third-order valence-electron chi connectivity index (χ3n) is 3.51. The smallest absolute Gasteiger partial charge is 0.412 e. The SMILES string of the molecule is C=CC1=C(C=C)C2(CCN(C)CC2)OC(=O)N1.CC.CC.CC. The molecular formula is C19H36N2O2. The molecule has 2 aliphatic rings. The second-order valence-electron chi connectivity index (χ2n) is 4.55.